The van der Waals surface area contributed by atoms with Crippen molar-refractivity contribution in [3.05, 3.63) is 0 Å². The van der Waals surface area contributed by atoms with Crippen molar-refractivity contribution in [2.24, 2.45) is 11.8 Å². The maximum Gasteiger partial charge on any atom is 0.320 e. The lowest BCUT2D eigenvalue weighted by Gasteiger charge is -2.13. The first-order valence-corrected chi connectivity index (χ1v) is 4.34. The minimum absolute atomic E-state index is 0.150. The molecule has 0 aromatic carbocycles. The molecule has 0 radical (unpaired) electrons. The van der Waals surface area contributed by atoms with Gasteiger partial charge >= 0.3 is 5.97 Å². The van der Waals surface area contributed by atoms with Crippen LogP contribution in [0.15, 0.2) is 0 Å². The molecule has 1 aliphatic heterocycles. The molecule has 2 rings (SSSR count). The maximum absolute atomic E-state index is 10.7. The van der Waals surface area contributed by atoms with Crippen molar-refractivity contribution in [2.75, 3.05) is 6.54 Å². The van der Waals surface area contributed by atoms with Gasteiger partial charge in [0.25, 0.3) is 0 Å². The van der Waals surface area contributed by atoms with Gasteiger partial charge in [0.2, 0.25) is 0 Å². The summed E-state index contributed by atoms with van der Waals surface area (Å²) in [5, 5.41) is 21.2. The number of aliphatic hydroxyl groups is 1. The fourth-order valence-electron chi connectivity index (χ4n) is 2.46. The summed E-state index contributed by atoms with van der Waals surface area (Å²) in [5.41, 5.74) is 0. The van der Waals surface area contributed by atoms with E-state index in [2.05, 4.69) is 5.32 Å². The van der Waals surface area contributed by atoms with Gasteiger partial charge in [-0.05, 0) is 18.8 Å². The second kappa shape index (κ2) is 2.71. The smallest absolute Gasteiger partial charge is 0.320 e. The van der Waals surface area contributed by atoms with Crippen LogP contribution in [0.4, 0.5) is 0 Å². The van der Waals surface area contributed by atoms with Crippen molar-refractivity contribution in [3.8, 4) is 0 Å². The highest BCUT2D eigenvalue weighted by Gasteiger charge is 2.46. The Morgan fingerprint density at radius 1 is 1.33 bits per heavy atom. The minimum Gasteiger partial charge on any atom is -0.480 e. The third kappa shape index (κ3) is 1.03. The topological polar surface area (TPSA) is 69.6 Å². The number of hydrogen-bond acceptors (Lipinski definition) is 3. The monoisotopic (exact) mass is 171 g/mol. The highest BCUT2D eigenvalue weighted by molar-refractivity contribution is 5.74. The van der Waals surface area contributed by atoms with E-state index >= 15 is 0 Å². The fourth-order valence-corrected chi connectivity index (χ4v) is 2.46. The fraction of sp³-hybridized carbons (Fsp3) is 0.875. The third-order valence-electron chi connectivity index (χ3n) is 3.11. The first kappa shape index (κ1) is 8.01. The van der Waals surface area contributed by atoms with Gasteiger partial charge in [-0.1, -0.05) is 0 Å². The number of hydrogen-bond donors (Lipinski definition) is 3. The van der Waals surface area contributed by atoms with Crippen LogP contribution >= 0.6 is 0 Å². The first-order valence-electron chi connectivity index (χ1n) is 4.34. The van der Waals surface area contributed by atoms with Crippen LogP contribution in [0.5, 0.6) is 0 Å². The normalized spacial score (nSPS) is 46.1. The summed E-state index contributed by atoms with van der Waals surface area (Å²) >= 11 is 0. The molecule has 1 saturated heterocycles. The van der Waals surface area contributed by atoms with Gasteiger partial charge in [0.05, 0.1) is 6.10 Å². The Balaban J connectivity index is 2.10. The molecule has 4 nitrogen and oxygen atoms in total. The zero-order valence-electron chi connectivity index (χ0n) is 6.73. The van der Waals surface area contributed by atoms with E-state index in [9.17, 15) is 9.90 Å². The molecular weight excluding hydrogens is 158 g/mol. The zero-order chi connectivity index (χ0) is 8.72. The lowest BCUT2D eigenvalue weighted by atomic mass is 9.93. The van der Waals surface area contributed by atoms with Crippen LogP contribution in [-0.2, 0) is 4.79 Å². The second-order valence-electron chi connectivity index (χ2n) is 3.70. The first-order chi connectivity index (χ1) is 5.70. The minimum atomic E-state index is -0.781. The standard InChI is InChI=1S/C8H13NO3/c10-6-2-1-4-5(6)3-9-7(4)8(11)12/h4-7,9-10H,1-3H2,(H,11,12). The number of rotatable bonds is 1. The molecule has 2 aliphatic rings. The molecule has 12 heavy (non-hydrogen) atoms. The Hall–Kier alpha value is -0.610. The van der Waals surface area contributed by atoms with Gasteiger partial charge in [0.1, 0.15) is 6.04 Å². The van der Waals surface area contributed by atoms with Gasteiger partial charge in [-0.15, -0.1) is 0 Å². The van der Waals surface area contributed by atoms with Crippen LogP contribution < -0.4 is 5.32 Å². The Labute approximate surface area is 70.6 Å². The number of aliphatic carboxylic acids is 1. The number of carboxylic acid groups (broad SMARTS) is 1. The van der Waals surface area contributed by atoms with Crippen molar-refractivity contribution in [1.29, 1.82) is 0 Å². The van der Waals surface area contributed by atoms with Crippen molar-refractivity contribution in [2.45, 2.75) is 25.0 Å². The van der Waals surface area contributed by atoms with Gasteiger partial charge in [0, 0.05) is 12.5 Å². The Bertz CT molecular complexity index is 206. The van der Waals surface area contributed by atoms with Crippen LogP contribution in [0.3, 0.4) is 0 Å². The second-order valence-corrected chi connectivity index (χ2v) is 3.70. The molecule has 68 valence electrons. The van der Waals surface area contributed by atoms with Crippen molar-refractivity contribution >= 4 is 5.97 Å². The molecule has 3 N–H and O–H groups in total. The van der Waals surface area contributed by atoms with Crippen LogP contribution in [0, 0.1) is 11.8 Å². The number of carboxylic acids is 1. The number of fused-ring (bicyclic) bond motifs is 1. The van der Waals surface area contributed by atoms with Crippen LogP contribution in [0.1, 0.15) is 12.8 Å². The van der Waals surface area contributed by atoms with E-state index in [1.807, 2.05) is 0 Å². The van der Waals surface area contributed by atoms with E-state index in [4.69, 9.17) is 5.11 Å². The van der Waals surface area contributed by atoms with Crippen LogP contribution in [0.2, 0.25) is 0 Å². The SMILES string of the molecule is O=C(O)C1NCC2C(O)CCC12. The number of aliphatic hydroxyl groups excluding tert-OH is 1. The van der Waals surface area contributed by atoms with E-state index in [0.717, 1.165) is 12.8 Å². The molecule has 0 spiro atoms. The lowest BCUT2D eigenvalue weighted by Crippen LogP contribution is -2.35. The molecule has 0 aromatic heterocycles. The maximum atomic E-state index is 10.7. The molecule has 0 bridgehead atoms. The molecule has 1 aliphatic carbocycles. The van der Waals surface area contributed by atoms with Gasteiger partial charge in [-0.25, -0.2) is 0 Å². The average molecular weight is 171 g/mol. The largest absolute Gasteiger partial charge is 0.480 e. The summed E-state index contributed by atoms with van der Waals surface area (Å²) in [6.07, 6.45) is 1.32. The van der Waals surface area contributed by atoms with E-state index in [-0.39, 0.29) is 17.9 Å². The summed E-state index contributed by atoms with van der Waals surface area (Å²) in [4.78, 5) is 10.7. The van der Waals surface area contributed by atoms with E-state index in [1.165, 1.54) is 0 Å². The summed E-state index contributed by atoms with van der Waals surface area (Å²) in [5.74, 6) is -0.458. The Kier molecular flexibility index (Phi) is 1.81. The predicted molar refractivity (Wildman–Crippen MR) is 41.6 cm³/mol. The molecular formula is C8H13NO3. The lowest BCUT2D eigenvalue weighted by molar-refractivity contribution is -0.140. The zero-order valence-corrected chi connectivity index (χ0v) is 6.73. The molecule has 4 unspecified atom stereocenters. The highest BCUT2D eigenvalue weighted by atomic mass is 16.4. The highest BCUT2D eigenvalue weighted by Crippen LogP contribution is 2.37. The Morgan fingerprint density at radius 3 is 2.75 bits per heavy atom. The Morgan fingerprint density at radius 2 is 2.08 bits per heavy atom. The molecule has 0 aromatic rings. The van der Waals surface area contributed by atoms with Crippen LogP contribution in [-0.4, -0.2) is 34.9 Å². The predicted octanol–water partition coefficient (Wildman–Crippen LogP) is -0.570. The van der Waals surface area contributed by atoms with Gasteiger partial charge in [-0.3, -0.25) is 4.79 Å². The molecule has 4 atom stereocenters. The van der Waals surface area contributed by atoms with E-state index in [1.54, 1.807) is 0 Å². The molecule has 1 saturated carbocycles. The number of carbonyl (C=O) groups is 1. The van der Waals surface area contributed by atoms with Crippen molar-refractivity contribution in [1.82, 2.24) is 5.32 Å². The summed E-state index contributed by atoms with van der Waals surface area (Å²) in [7, 11) is 0. The van der Waals surface area contributed by atoms with Crippen molar-refractivity contribution < 1.29 is 15.0 Å². The average Bonchev–Trinajstić information content (AvgIpc) is 2.53. The molecule has 0 amide bonds. The molecule has 2 fully saturated rings. The van der Waals surface area contributed by atoms with E-state index in [0.29, 0.717) is 6.54 Å². The van der Waals surface area contributed by atoms with E-state index < -0.39 is 12.0 Å². The van der Waals surface area contributed by atoms with Crippen LogP contribution in [0.25, 0.3) is 0 Å². The van der Waals surface area contributed by atoms with Gasteiger partial charge in [-0.2, -0.15) is 0 Å². The quantitative estimate of drug-likeness (QED) is 0.494. The van der Waals surface area contributed by atoms with Gasteiger partial charge in [0.15, 0.2) is 0 Å². The third-order valence-corrected chi connectivity index (χ3v) is 3.11. The summed E-state index contributed by atoms with van der Waals surface area (Å²) in [6, 6.07) is -0.424. The summed E-state index contributed by atoms with van der Waals surface area (Å²) in [6.45, 7) is 0.656. The van der Waals surface area contributed by atoms with Gasteiger partial charge < -0.3 is 15.5 Å². The summed E-state index contributed by atoms with van der Waals surface area (Å²) < 4.78 is 0. The van der Waals surface area contributed by atoms with Crippen molar-refractivity contribution in [3.63, 3.8) is 0 Å². The number of nitrogens with one attached hydrogen (secondary N) is 1. The molecule has 4 heteroatoms. The molecule has 1 heterocycles.